The van der Waals surface area contributed by atoms with Crippen molar-refractivity contribution in [2.45, 2.75) is 38.5 Å². The van der Waals surface area contributed by atoms with Gasteiger partial charge in [-0.2, -0.15) is 0 Å². The highest BCUT2D eigenvalue weighted by atomic mass is 14.7. The third-order valence-corrected chi connectivity index (χ3v) is 7.07. The zero-order valence-electron chi connectivity index (χ0n) is 8.86. The van der Waals surface area contributed by atoms with Crippen LogP contribution < -0.4 is 0 Å². The molecule has 76 valence electrons. The first-order chi connectivity index (χ1) is 6.95. The molecule has 0 aromatic heterocycles. The van der Waals surface area contributed by atoms with Gasteiger partial charge in [0.1, 0.15) is 0 Å². The topological polar surface area (TPSA) is 0 Å². The van der Waals surface area contributed by atoms with Gasteiger partial charge < -0.3 is 0 Å². The lowest BCUT2D eigenvalue weighted by atomic mass is 9.77. The molecule has 0 aliphatic heterocycles. The smallest absolute Gasteiger partial charge is 0.0321 e. The van der Waals surface area contributed by atoms with Crippen molar-refractivity contribution in [2.24, 2.45) is 47.3 Å². The molecule has 0 heteroatoms. The number of hydrogen-bond acceptors (Lipinski definition) is 0. The van der Waals surface area contributed by atoms with E-state index in [1.807, 2.05) is 0 Å². The normalized spacial score (nSPS) is 72.0. The summed E-state index contributed by atoms with van der Waals surface area (Å²) in [6.07, 6.45) is 9.78. The highest BCUT2D eigenvalue weighted by Crippen LogP contribution is 2.75. The first-order valence-corrected chi connectivity index (χ1v) is 6.95. The summed E-state index contributed by atoms with van der Waals surface area (Å²) in [5.74, 6) is 9.89. The average Bonchev–Trinajstić information content (AvgIpc) is 2.77. The van der Waals surface area contributed by atoms with Crippen LogP contribution in [0.2, 0.25) is 0 Å². The fourth-order valence-corrected chi connectivity index (χ4v) is 7.20. The average molecular weight is 188 g/mol. The maximum absolute atomic E-state index is 1.68. The molecule has 0 N–H and O–H groups in total. The Labute approximate surface area is 86.5 Å². The highest BCUT2D eigenvalue weighted by Gasteiger charge is 2.69. The van der Waals surface area contributed by atoms with Gasteiger partial charge >= 0.3 is 0 Å². The van der Waals surface area contributed by atoms with E-state index in [4.69, 9.17) is 0 Å². The Morgan fingerprint density at radius 1 is 0.500 bits per heavy atom. The summed E-state index contributed by atoms with van der Waals surface area (Å²) in [6, 6.07) is 0. The van der Waals surface area contributed by atoms with Gasteiger partial charge in [0.2, 0.25) is 0 Å². The van der Waals surface area contributed by atoms with Crippen molar-refractivity contribution in [1.82, 2.24) is 0 Å². The van der Waals surface area contributed by atoms with Gasteiger partial charge in [0.05, 0.1) is 0 Å². The molecule has 0 heterocycles. The van der Waals surface area contributed by atoms with Crippen LogP contribution in [0.1, 0.15) is 38.5 Å². The molecule has 5 rings (SSSR count). The van der Waals surface area contributed by atoms with E-state index in [0.29, 0.717) is 0 Å². The second-order valence-corrected chi connectivity index (χ2v) is 6.88. The molecule has 0 nitrogen and oxygen atoms in total. The summed E-state index contributed by atoms with van der Waals surface area (Å²) in [7, 11) is 0. The Morgan fingerprint density at radius 2 is 1.07 bits per heavy atom. The van der Waals surface area contributed by atoms with Gasteiger partial charge in [-0.15, -0.1) is 0 Å². The molecule has 6 atom stereocenters. The Balaban J connectivity index is 1.70. The second kappa shape index (κ2) is 2.08. The lowest BCUT2D eigenvalue weighted by Gasteiger charge is -2.28. The monoisotopic (exact) mass is 188 g/mol. The summed E-state index contributed by atoms with van der Waals surface area (Å²) in [5, 5.41) is 0. The van der Waals surface area contributed by atoms with Crippen molar-refractivity contribution < 1.29 is 0 Å². The zero-order valence-corrected chi connectivity index (χ0v) is 8.86. The largest absolute Gasteiger partial charge is 0.0527 e. The standard InChI is InChI=1S/C14H20/c1-2-7-8(3-1)14-10-5-4-9-11(10)6-12(14)13(7)9/h7-14H,1-6H2. The Bertz CT molecular complexity index is 264. The van der Waals surface area contributed by atoms with Crippen molar-refractivity contribution in [3.63, 3.8) is 0 Å². The maximum atomic E-state index is 1.68. The van der Waals surface area contributed by atoms with Gasteiger partial charge in [-0.05, 0) is 79.4 Å². The molecular weight excluding hydrogens is 168 g/mol. The molecule has 5 fully saturated rings. The van der Waals surface area contributed by atoms with Gasteiger partial charge in [0, 0.05) is 0 Å². The summed E-state index contributed by atoms with van der Waals surface area (Å²) in [5.41, 5.74) is 0. The van der Waals surface area contributed by atoms with Crippen LogP contribution >= 0.6 is 0 Å². The quantitative estimate of drug-likeness (QED) is 0.547. The minimum atomic E-state index is 1.23. The molecule has 0 aromatic rings. The van der Waals surface area contributed by atoms with E-state index in [-0.39, 0.29) is 0 Å². The van der Waals surface area contributed by atoms with E-state index < -0.39 is 0 Å². The Hall–Kier alpha value is 0. The van der Waals surface area contributed by atoms with E-state index in [1.54, 1.807) is 38.5 Å². The van der Waals surface area contributed by atoms with Gasteiger partial charge in [-0.3, -0.25) is 0 Å². The lowest BCUT2D eigenvalue weighted by Crippen LogP contribution is -2.24. The molecule has 5 saturated carbocycles. The lowest BCUT2D eigenvalue weighted by molar-refractivity contribution is 0.193. The summed E-state index contributed by atoms with van der Waals surface area (Å²) in [4.78, 5) is 0. The van der Waals surface area contributed by atoms with Crippen molar-refractivity contribution in [3.8, 4) is 0 Å². The van der Waals surface area contributed by atoms with E-state index in [1.165, 1.54) is 47.3 Å². The van der Waals surface area contributed by atoms with Gasteiger partial charge in [-0.1, -0.05) is 6.42 Å². The van der Waals surface area contributed by atoms with Crippen LogP contribution in [0.25, 0.3) is 0 Å². The molecule has 0 aromatic carbocycles. The van der Waals surface area contributed by atoms with Gasteiger partial charge in [-0.25, -0.2) is 0 Å². The first-order valence-electron chi connectivity index (χ1n) is 6.95. The summed E-state index contributed by atoms with van der Waals surface area (Å²) in [6.45, 7) is 0. The third kappa shape index (κ3) is 0.558. The van der Waals surface area contributed by atoms with Crippen LogP contribution in [-0.2, 0) is 0 Å². The van der Waals surface area contributed by atoms with Crippen molar-refractivity contribution in [1.29, 1.82) is 0 Å². The number of hydrogen-bond donors (Lipinski definition) is 0. The summed E-state index contributed by atoms with van der Waals surface area (Å²) >= 11 is 0. The molecule has 0 saturated heterocycles. The second-order valence-electron chi connectivity index (χ2n) is 6.88. The van der Waals surface area contributed by atoms with E-state index in [0.717, 1.165) is 0 Å². The van der Waals surface area contributed by atoms with Crippen LogP contribution in [0, 0.1) is 47.3 Å². The van der Waals surface area contributed by atoms with Crippen LogP contribution in [-0.4, -0.2) is 0 Å². The Morgan fingerprint density at radius 3 is 1.71 bits per heavy atom. The van der Waals surface area contributed by atoms with Gasteiger partial charge in [0.15, 0.2) is 0 Å². The van der Waals surface area contributed by atoms with Crippen LogP contribution in [0.3, 0.4) is 0 Å². The molecule has 14 heavy (non-hydrogen) atoms. The highest BCUT2D eigenvalue weighted by molar-refractivity contribution is 5.17. The minimum absolute atomic E-state index is 1.23. The zero-order chi connectivity index (χ0) is 8.86. The predicted octanol–water partition coefficient (Wildman–Crippen LogP) is 3.32. The predicted molar refractivity (Wildman–Crippen MR) is 55.6 cm³/mol. The van der Waals surface area contributed by atoms with E-state index >= 15 is 0 Å². The molecular formula is C14H20. The van der Waals surface area contributed by atoms with E-state index in [2.05, 4.69) is 0 Å². The van der Waals surface area contributed by atoms with Crippen LogP contribution in [0.4, 0.5) is 0 Å². The third-order valence-electron chi connectivity index (χ3n) is 7.07. The summed E-state index contributed by atoms with van der Waals surface area (Å²) < 4.78 is 0. The molecule has 0 spiro atoms. The number of fused-ring (bicyclic) bond motifs is 5. The van der Waals surface area contributed by atoms with E-state index in [9.17, 15) is 0 Å². The fourth-order valence-electron chi connectivity index (χ4n) is 7.20. The van der Waals surface area contributed by atoms with Gasteiger partial charge in [0.25, 0.3) is 0 Å². The molecule has 6 unspecified atom stereocenters. The maximum Gasteiger partial charge on any atom is -0.0321 e. The van der Waals surface area contributed by atoms with Crippen LogP contribution in [0.15, 0.2) is 0 Å². The number of rotatable bonds is 0. The van der Waals surface area contributed by atoms with Crippen LogP contribution in [0.5, 0.6) is 0 Å². The van der Waals surface area contributed by atoms with Crippen molar-refractivity contribution >= 4 is 0 Å². The Kier molecular flexibility index (Phi) is 1.08. The fraction of sp³-hybridized carbons (Fsp3) is 1.00. The molecule has 5 aliphatic carbocycles. The van der Waals surface area contributed by atoms with Crippen molar-refractivity contribution in [2.75, 3.05) is 0 Å². The SMILES string of the molecule is C1CC2C(C1)C1C3CCC4C3CC1C42. The van der Waals surface area contributed by atoms with Crippen molar-refractivity contribution in [3.05, 3.63) is 0 Å². The first kappa shape index (κ1) is 7.30. The molecule has 0 amide bonds. The molecule has 2 bridgehead atoms. The minimum Gasteiger partial charge on any atom is -0.0527 e. The molecule has 0 radical (unpaired) electrons. The molecule has 5 aliphatic rings.